The van der Waals surface area contributed by atoms with E-state index < -0.39 is 0 Å². The van der Waals surface area contributed by atoms with Gasteiger partial charge in [-0.3, -0.25) is 4.99 Å². The van der Waals surface area contributed by atoms with Crippen LogP contribution in [0.25, 0.3) is 0 Å². The van der Waals surface area contributed by atoms with Gasteiger partial charge in [0.2, 0.25) is 0 Å². The van der Waals surface area contributed by atoms with Crippen molar-refractivity contribution in [3.63, 3.8) is 0 Å². The predicted octanol–water partition coefficient (Wildman–Crippen LogP) is -0.110. The summed E-state index contributed by atoms with van der Waals surface area (Å²) in [6.07, 6.45) is 2.03. The summed E-state index contributed by atoms with van der Waals surface area (Å²) in [5.41, 5.74) is 5.96. The maximum absolute atomic E-state index is 8.97. The van der Waals surface area contributed by atoms with E-state index in [1.807, 2.05) is 11.8 Å². The van der Waals surface area contributed by atoms with E-state index in [1.54, 1.807) is 0 Å². The summed E-state index contributed by atoms with van der Waals surface area (Å²) in [5.74, 6) is 2.90. The van der Waals surface area contributed by atoms with E-state index >= 15 is 0 Å². The zero-order valence-corrected chi connectivity index (χ0v) is 10.9. The molecular weight excluding hydrogens is 238 g/mol. The molecule has 0 saturated carbocycles. The standard InChI is InChI=1S/C11H21N3O2S/c12-11(14-3-5-17-6-4-14)13-7-9-1-2-10(8-15)16-9/h9-10,15H,1-8H2,(H2,12,13)/t9-,10+/m1/s1. The van der Waals surface area contributed by atoms with Gasteiger partial charge in [-0.2, -0.15) is 11.8 Å². The minimum atomic E-state index is 0.00260. The highest BCUT2D eigenvalue weighted by atomic mass is 32.2. The number of nitrogens with zero attached hydrogens (tertiary/aromatic N) is 2. The Hall–Kier alpha value is -0.460. The minimum absolute atomic E-state index is 0.00260. The molecule has 98 valence electrons. The van der Waals surface area contributed by atoms with Crippen LogP contribution >= 0.6 is 11.8 Å². The summed E-state index contributed by atoms with van der Waals surface area (Å²) in [4.78, 5) is 6.54. The minimum Gasteiger partial charge on any atom is -0.394 e. The molecule has 0 aromatic carbocycles. The Kier molecular flexibility index (Phi) is 4.94. The van der Waals surface area contributed by atoms with Gasteiger partial charge in [0.25, 0.3) is 0 Å². The van der Waals surface area contributed by atoms with E-state index in [0.29, 0.717) is 12.5 Å². The second-order valence-corrected chi connectivity index (χ2v) is 5.66. The van der Waals surface area contributed by atoms with Crippen LogP contribution in [0, 0.1) is 0 Å². The van der Waals surface area contributed by atoms with E-state index in [9.17, 15) is 0 Å². The van der Waals surface area contributed by atoms with Gasteiger partial charge in [0.1, 0.15) is 0 Å². The van der Waals surface area contributed by atoms with Crippen LogP contribution in [0.5, 0.6) is 0 Å². The lowest BCUT2D eigenvalue weighted by molar-refractivity contribution is 0.0159. The molecular formula is C11H21N3O2S. The molecule has 0 unspecified atom stereocenters. The SMILES string of the molecule is NC(=NC[C@H]1CC[C@@H](CO)O1)N1CCSCC1. The van der Waals surface area contributed by atoms with Crippen LogP contribution in [0.1, 0.15) is 12.8 Å². The molecule has 2 atom stereocenters. The highest BCUT2D eigenvalue weighted by molar-refractivity contribution is 7.99. The Morgan fingerprint density at radius 1 is 1.35 bits per heavy atom. The van der Waals surface area contributed by atoms with Gasteiger partial charge in [-0.15, -0.1) is 0 Å². The van der Waals surface area contributed by atoms with Gasteiger partial charge in [-0.25, -0.2) is 0 Å². The lowest BCUT2D eigenvalue weighted by Crippen LogP contribution is -2.43. The fourth-order valence-corrected chi connectivity index (χ4v) is 3.04. The van der Waals surface area contributed by atoms with Gasteiger partial charge >= 0.3 is 0 Å². The zero-order chi connectivity index (χ0) is 12.1. The fourth-order valence-electron chi connectivity index (χ4n) is 2.14. The number of rotatable bonds is 3. The molecule has 3 N–H and O–H groups in total. The quantitative estimate of drug-likeness (QED) is 0.546. The van der Waals surface area contributed by atoms with Crippen molar-refractivity contribution in [3.05, 3.63) is 0 Å². The molecule has 5 nitrogen and oxygen atoms in total. The summed E-state index contributed by atoms with van der Waals surface area (Å²) < 4.78 is 5.61. The van der Waals surface area contributed by atoms with Crippen LogP contribution in [-0.4, -0.2) is 65.9 Å². The summed E-state index contributed by atoms with van der Waals surface area (Å²) in [6.45, 7) is 2.71. The lowest BCUT2D eigenvalue weighted by Gasteiger charge is -2.27. The van der Waals surface area contributed by atoms with E-state index in [-0.39, 0.29) is 18.8 Å². The molecule has 2 saturated heterocycles. The van der Waals surface area contributed by atoms with Crippen LogP contribution in [0.4, 0.5) is 0 Å². The fraction of sp³-hybridized carbons (Fsp3) is 0.909. The molecule has 0 aliphatic carbocycles. The van der Waals surface area contributed by atoms with Crippen molar-refractivity contribution in [2.24, 2.45) is 10.7 Å². The van der Waals surface area contributed by atoms with Gasteiger partial charge in [0, 0.05) is 24.6 Å². The van der Waals surface area contributed by atoms with Gasteiger partial charge in [0.05, 0.1) is 25.4 Å². The number of thioether (sulfide) groups is 1. The van der Waals surface area contributed by atoms with Gasteiger partial charge in [-0.05, 0) is 12.8 Å². The van der Waals surface area contributed by atoms with E-state index in [1.165, 1.54) is 0 Å². The largest absolute Gasteiger partial charge is 0.394 e. The van der Waals surface area contributed by atoms with Gasteiger partial charge in [-0.1, -0.05) is 0 Å². The van der Waals surface area contributed by atoms with Crippen molar-refractivity contribution in [3.8, 4) is 0 Å². The summed E-state index contributed by atoms with van der Waals surface area (Å²) in [7, 11) is 0. The summed E-state index contributed by atoms with van der Waals surface area (Å²) >= 11 is 1.96. The lowest BCUT2D eigenvalue weighted by atomic mass is 10.2. The monoisotopic (exact) mass is 259 g/mol. The van der Waals surface area contributed by atoms with Crippen molar-refractivity contribution in [1.29, 1.82) is 0 Å². The average molecular weight is 259 g/mol. The number of aliphatic hydroxyl groups excluding tert-OH is 1. The second kappa shape index (κ2) is 6.47. The summed E-state index contributed by atoms with van der Waals surface area (Å²) in [5, 5.41) is 8.97. The maximum atomic E-state index is 8.97. The molecule has 0 radical (unpaired) electrons. The normalized spacial score (nSPS) is 30.9. The van der Waals surface area contributed by atoms with Gasteiger partial charge in [0.15, 0.2) is 5.96 Å². The molecule has 0 aromatic rings. The van der Waals surface area contributed by atoms with Crippen LogP contribution in [-0.2, 0) is 4.74 Å². The number of aliphatic hydroxyl groups is 1. The van der Waals surface area contributed by atoms with Crippen LogP contribution in [0.3, 0.4) is 0 Å². The van der Waals surface area contributed by atoms with Crippen molar-refractivity contribution >= 4 is 17.7 Å². The number of nitrogens with two attached hydrogens (primary N) is 1. The van der Waals surface area contributed by atoms with E-state index in [0.717, 1.165) is 37.4 Å². The Labute approximate surface area is 106 Å². The van der Waals surface area contributed by atoms with Crippen molar-refractivity contribution in [2.45, 2.75) is 25.0 Å². The number of aliphatic imine (C=N–C) groups is 1. The van der Waals surface area contributed by atoms with Crippen molar-refractivity contribution < 1.29 is 9.84 Å². The third-order valence-electron chi connectivity index (χ3n) is 3.19. The smallest absolute Gasteiger partial charge is 0.191 e. The second-order valence-electron chi connectivity index (χ2n) is 4.44. The Morgan fingerprint density at radius 3 is 2.71 bits per heavy atom. The summed E-state index contributed by atoms with van der Waals surface area (Å²) in [6, 6.07) is 0. The van der Waals surface area contributed by atoms with Gasteiger partial charge < -0.3 is 20.5 Å². The molecule has 6 heteroatoms. The average Bonchev–Trinajstić information content (AvgIpc) is 2.85. The predicted molar refractivity (Wildman–Crippen MR) is 70.4 cm³/mol. The molecule has 2 rings (SSSR count). The molecule has 0 amide bonds. The maximum Gasteiger partial charge on any atom is 0.191 e. The first-order valence-corrected chi connectivity index (χ1v) is 7.34. The van der Waals surface area contributed by atoms with Crippen molar-refractivity contribution in [1.82, 2.24) is 4.90 Å². The first kappa shape index (κ1) is 13.0. The highest BCUT2D eigenvalue weighted by Crippen LogP contribution is 2.19. The highest BCUT2D eigenvalue weighted by Gasteiger charge is 2.24. The van der Waals surface area contributed by atoms with Crippen molar-refractivity contribution in [2.75, 3.05) is 37.7 Å². The number of hydrogen-bond acceptors (Lipinski definition) is 4. The molecule has 2 aliphatic rings. The number of guanidine groups is 1. The molecule has 2 heterocycles. The van der Waals surface area contributed by atoms with Crippen LogP contribution in [0.2, 0.25) is 0 Å². The zero-order valence-electron chi connectivity index (χ0n) is 10.0. The molecule has 2 aliphatic heterocycles. The van der Waals surface area contributed by atoms with E-state index in [4.69, 9.17) is 15.6 Å². The Bertz CT molecular complexity index is 269. The number of ether oxygens (including phenoxy) is 1. The Morgan fingerprint density at radius 2 is 2.06 bits per heavy atom. The molecule has 0 bridgehead atoms. The molecule has 0 spiro atoms. The third-order valence-corrected chi connectivity index (χ3v) is 4.13. The van der Waals surface area contributed by atoms with Crippen LogP contribution < -0.4 is 5.73 Å². The number of hydrogen-bond donors (Lipinski definition) is 2. The Balaban J connectivity index is 1.75. The first-order chi connectivity index (χ1) is 8.29. The molecule has 0 aromatic heterocycles. The third kappa shape index (κ3) is 3.76. The van der Waals surface area contributed by atoms with Crippen LogP contribution in [0.15, 0.2) is 4.99 Å². The first-order valence-electron chi connectivity index (χ1n) is 6.18. The molecule has 2 fully saturated rings. The van der Waals surface area contributed by atoms with E-state index in [2.05, 4.69) is 9.89 Å². The molecule has 17 heavy (non-hydrogen) atoms. The topological polar surface area (TPSA) is 71.1 Å².